The van der Waals surface area contributed by atoms with Crippen molar-refractivity contribution in [3.8, 4) is 11.5 Å². The molecule has 29 heavy (non-hydrogen) atoms. The maximum atomic E-state index is 12.7. The molecule has 2 rings (SSSR count). The molecule has 9 heteroatoms. The molecule has 0 unspecified atom stereocenters. The summed E-state index contributed by atoms with van der Waals surface area (Å²) in [5, 5.41) is 1.40. The van der Waals surface area contributed by atoms with E-state index in [1.807, 2.05) is 30.3 Å². The molecular formula is C20H23F2NO5S. The van der Waals surface area contributed by atoms with Gasteiger partial charge in [0.2, 0.25) is 5.91 Å². The van der Waals surface area contributed by atoms with Crippen LogP contribution >= 0.6 is 0 Å². The van der Waals surface area contributed by atoms with Crippen LogP contribution in [0, 0.1) is 0 Å². The lowest BCUT2D eigenvalue weighted by molar-refractivity contribution is -0.121. The predicted molar refractivity (Wildman–Crippen MR) is 105 cm³/mol. The van der Waals surface area contributed by atoms with E-state index in [0.29, 0.717) is 5.56 Å². The van der Waals surface area contributed by atoms with Crippen LogP contribution in [0.3, 0.4) is 0 Å². The Morgan fingerprint density at radius 2 is 1.72 bits per heavy atom. The molecule has 2 aromatic rings. The lowest BCUT2D eigenvalue weighted by atomic mass is 10.1. The van der Waals surface area contributed by atoms with Gasteiger partial charge in [0.1, 0.15) is 5.25 Å². The van der Waals surface area contributed by atoms with Crippen molar-refractivity contribution in [1.29, 1.82) is 0 Å². The Labute approximate surface area is 168 Å². The second-order valence-electron chi connectivity index (χ2n) is 6.45. The standard InChI is InChI=1S/C20H23F2NO5S/c1-13(16-7-5-4-6-8-16)23-19(24)14(2)29(25,26)12-15-9-10-17(28-20(21)22)18(11-15)27-3/h4-11,13-14,20H,12H2,1-3H3,(H,23,24)/t13-,14+/m0/s1. The number of carbonyl (C=O) groups is 1. The number of sulfone groups is 1. The number of amides is 1. The highest BCUT2D eigenvalue weighted by Gasteiger charge is 2.29. The molecule has 0 bridgehead atoms. The summed E-state index contributed by atoms with van der Waals surface area (Å²) >= 11 is 0. The van der Waals surface area contributed by atoms with Crippen LogP contribution in [0.2, 0.25) is 0 Å². The lowest BCUT2D eigenvalue weighted by Crippen LogP contribution is -2.39. The molecule has 6 nitrogen and oxygen atoms in total. The minimum Gasteiger partial charge on any atom is -0.493 e. The third-order valence-corrected chi connectivity index (χ3v) is 6.41. The van der Waals surface area contributed by atoms with Gasteiger partial charge >= 0.3 is 6.61 Å². The van der Waals surface area contributed by atoms with Crippen molar-refractivity contribution in [3.63, 3.8) is 0 Å². The van der Waals surface area contributed by atoms with E-state index in [9.17, 15) is 22.0 Å². The van der Waals surface area contributed by atoms with Gasteiger partial charge in [-0.25, -0.2) is 8.42 Å². The van der Waals surface area contributed by atoms with Gasteiger partial charge in [0, 0.05) is 0 Å². The van der Waals surface area contributed by atoms with Gasteiger partial charge in [0.25, 0.3) is 0 Å². The van der Waals surface area contributed by atoms with E-state index in [-0.39, 0.29) is 17.5 Å². The van der Waals surface area contributed by atoms with Gasteiger partial charge in [-0.1, -0.05) is 36.4 Å². The van der Waals surface area contributed by atoms with Crippen molar-refractivity contribution >= 4 is 15.7 Å². The molecule has 0 aliphatic carbocycles. The molecule has 0 saturated carbocycles. The molecule has 0 saturated heterocycles. The SMILES string of the molecule is COc1cc(CS(=O)(=O)[C@H](C)C(=O)N[C@@H](C)c2ccccc2)ccc1OC(F)F. The first kappa shape index (κ1) is 22.6. The quantitative estimate of drug-likeness (QED) is 0.663. The number of alkyl halides is 2. The second kappa shape index (κ2) is 9.69. The molecule has 2 atom stereocenters. The molecule has 0 radical (unpaired) electrons. The average molecular weight is 427 g/mol. The summed E-state index contributed by atoms with van der Waals surface area (Å²) in [6.07, 6.45) is 0. The minimum atomic E-state index is -3.86. The number of carbonyl (C=O) groups excluding carboxylic acids is 1. The van der Waals surface area contributed by atoms with Crippen molar-refractivity contribution in [2.75, 3.05) is 7.11 Å². The van der Waals surface area contributed by atoms with Gasteiger partial charge in [-0.05, 0) is 37.1 Å². The summed E-state index contributed by atoms with van der Waals surface area (Å²) in [6, 6.07) is 12.7. The molecule has 0 heterocycles. The van der Waals surface area contributed by atoms with E-state index in [1.54, 1.807) is 6.92 Å². The van der Waals surface area contributed by atoms with Crippen molar-refractivity contribution in [2.24, 2.45) is 0 Å². The Hall–Kier alpha value is -2.68. The number of hydrogen-bond donors (Lipinski definition) is 1. The number of rotatable bonds is 9. The average Bonchev–Trinajstić information content (AvgIpc) is 2.68. The van der Waals surface area contributed by atoms with Crippen molar-refractivity contribution in [3.05, 3.63) is 59.7 Å². The van der Waals surface area contributed by atoms with E-state index in [4.69, 9.17) is 4.74 Å². The molecule has 1 amide bonds. The maximum Gasteiger partial charge on any atom is 0.387 e. The van der Waals surface area contributed by atoms with E-state index in [2.05, 4.69) is 10.1 Å². The number of nitrogens with one attached hydrogen (secondary N) is 1. The van der Waals surface area contributed by atoms with Crippen molar-refractivity contribution in [1.82, 2.24) is 5.32 Å². The predicted octanol–water partition coefficient (Wildman–Crippen LogP) is 3.48. The highest BCUT2D eigenvalue weighted by atomic mass is 32.2. The van der Waals surface area contributed by atoms with Crippen LogP contribution < -0.4 is 14.8 Å². The smallest absolute Gasteiger partial charge is 0.387 e. The summed E-state index contributed by atoms with van der Waals surface area (Å²) in [7, 11) is -2.60. The number of ether oxygens (including phenoxy) is 2. The first-order chi connectivity index (χ1) is 13.6. The third-order valence-electron chi connectivity index (χ3n) is 4.38. The molecule has 2 aromatic carbocycles. The fourth-order valence-corrected chi connectivity index (χ4v) is 3.96. The molecule has 1 N–H and O–H groups in total. The number of methoxy groups -OCH3 is 1. The van der Waals surface area contributed by atoms with Crippen LogP contribution in [0.4, 0.5) is 8.78 Å². The van der Waals surface area contributed by atoms with Crippen LogP contribution in [0.5, 0.6) is 11.5 Å². The molecule has 0 aliphatic heterocycles. The first-order valence-electron chi connectivity index (χ1n) is 8.82. The van der Waals surface area contributed by atoms with Crippen LogP contribution in [-0.4, -0.2) is 33.3 Å². The lowest BCUT2D eigenvalue weighted by Gasteiger charge is -2.18. The Morgan fingerprint density at radius 1 is 1.07 bits per heavy atom. The second-order valence-corrected chi connectivity index (χ2v) is 8.78. The fourth-order valence-electron chi connectivity index (χ4n) is 2.67. The van der Waals surface area contributed by atoms with Crippen LogP contribution in [0.1, 0.15) is 31.0 Å². The molecular weight excluding hydrogens is 404 g/mol. The zero-order chi connectivity index (χ0) is 21.6. The van der Waals surface area contributed by atoms with E-state index in [1.165, 1.54) is 32.2 Å². The Balaban J connectivity index is 2.10. The summed E-state index contributed by atoms with van der Waals surface area (Å²) in [5.41, 5.74) is 1.14. The van der Waals surface area contributed by atoms with E-state index in [0.717, 1.165) is 5.56 Å². The summed E-state index contributed by atoms with van der Waals surface area (Å²) < 4.78 is 59.5. The molecule has 158 valence electrons. The van der Waals surface area contributed by atoms with Gasteiger partial charge in [0.15, 0.2) is 21.3 Å². The van der Waals surface area contributed by atoms with Gasteiger partial charge in [0.05, 0.1) is 18.9 Å². The third kappa shape index (κ3) is 6.15. The van der Waals surface area contributed by atoms with Gasteiger partial charge < -0.3 is 14.8 Å². The molecule has 0 aromatic heterocycles. The highest BCUT2D eigenvalue weighted by molar-refractivity contribution is 7.92. The number of halogens is 2. The van der Waals surface area contributed by atoms with Gasteiger partial charge in [-0.15, -0.1) is 0 Å². The Bertz CT molecular complexity index is 935. The summed E-state index contributed by atoms with van der Waals surface area (Å²) in [5.74, 6) is -1.29. The molecule has 0 aliphatic rings. The molecule has 0 fully saturated rings. The minimum absolute atomic E-state index is 0.0206. The largest absolute Gasteiger partial charge is 0.493 e. The Kier molecular flexibility index (Phi) is 7.55. The highest BCUT2D eigenvalue weighted by Crippen LogP contribution is 2.30. The summed E-state index contributed by atoms with van der Waals surface area (Å²) in [6.45, 7) is 0.0429. The topological polar surface area (TPSA) is 81.7 Å². The van der Waals surface area contributed by atoms with Crippen molar-refractivity contribution < 1.29 is 31.5 Å². The zero-order valence-electron chi connectivity index (χ0n) is 16.3. The van der Waals surface area contributed by atoms with Gasteiger partial charge in [-0.2, -0.15) is 8.78 Å². The molecule has 0 spiro atoms. The van der Waals surface area contributed by atoms with Gasteiger partial charge in [-0.3, -0.25) is 4.79 Å². The number of hydrogen-bond acceptors (Lipinski definition) is 5. The van der Waals surface area contributed by atoms with Crippen LogP contribution in [-0.2, 0) is 20.4 Å². The number of benzene rings is 2. The monoisotopic (exact) mass is 427 g/mol. The normalized spacial score (nSPS) is 13.6. The van der Waals surface area contributed by atoms with Crippen LogP contribution in [0.15, 0.2) is 48.5 Å². The van der Waals surface area contributed by atoms with Crippen molar-refractivity contribution in [2.45, 2.75) is 37.5 Å². The zero-order valence-corrected chi connectivity index (χ0v) is 17.1. The fraction of sp³-hybridized carbons (Fsp3) is 0.350. The van der Waals surface area contributed by atoms with E-state index < -0.39 is 33.4 Å². The maximum absolute atomic E-state index is 12.7. The summed E-state index contributed by atoms with van der Waals surface area (Å²) in [4.78, 5) is 12.4. The van der Waals surface area contributed by atoms with E-state index >= 15 is 0 Å². The Morgan fingerprint density at radius 3 is 2.31 bits per heavy atom. The first-order valence-corrected chi connectivity index (χ1v) is 10.5. The van der Waals surface area contributed by atoms with Crippen LogP contribution in [0.25, 0.3) is 0 Å².